The van der Waals surface area contributed by atoms with E-state index >= 15 is 0 Å². The predicted octanol–water partition coefficient (Wildman–Crippen LogP) is 5.16. The van der Waals surface area contributed by atoms with Gasteiger partial charge >= 0.3 is 0 Å². The SMILES string of the molecule is Cc1ccc(NC(=O)C2c3c(ncn3C(C)C)CCN2Cc2ccccc2)cc1Cl. The van der Waals surface area contributed by atoms with E-state index in [4.69, 9.17) is 11.6 Å². The molecule has 0 bridgehead atoms. The number of benzene rings is 2. The number of nitrogens with one attached hydrogen (secondary N) is 1. The number of rotatable bonds is 5. The molecule has 1 amide bonds. The van der Waals surface area contributed by atoms with Gasteiger partial charge in [0.05, 0.1) is 17.7 Å². The summed E-state index contributed by atoms with van der Waals surface area (Å²) in [6.45, 7) is 7.67. The van der Waals surface area contributed by atoms with Crippen molar-refractivity contribution in [1.82, 2.24) is 14.5 Å². The van der Waals surface area contributed by atoms with Gasteiger partial charge < -0.3 is 9.88 Å². The summed E-state index contributed by atoms with van der Waals surface area (Å²) in [5.41, 5.74) is 4.88. The van der Waals surface area contributed by atoms with Crippen LogP contribution in [-0.4, -0.2) is 26.9 Å². The van der Waals surface area contributed by atoms with Crippen LogP contribution in [0.5, 0.6) is 0 Å². The average Bonchev–Trinajstić information content (AvgIpc) is 3.15. The number of aromatic nitrogens is 2. The van der Waals surface area contributed by atoms with Crippen molar-refractivity contribution in [2.45, 2.75) is 45.8 Å². The van der Waals surface area contributed by atoms with Crippen LogP contribution in [0.4, 0.5) is 5.69 Å². The van der Waals surface area contributed by atoms with Crippen molar-refractivity contribution in [3.05, 3.63) is 82.4 Å². The summed E-state index contributed by atoms with van der Waals surface area (Å²) in [6.07, 6.45) is 2.70. The Labute approximate surface area is 182 Å². The number of amides is 1. The molecule has 0 fully saturated rings. The van der Waals surface area contributed by atoms with Crippen LogP contribution in [0.3, 0.4) is 0 Å². The normalized spacial score (nSPS) is 16.5. The highest BCUT2D eigenvalue weighted by molar-refractivity contribution is 6.31. The fourth-order valence-corrected chi connectivity index (χ4v) is 4.20. The second kappa shape index (κ2) is 8.62. The molecule has 1 unspecified atom stereocenters. The maximum Gasteiger partial charge on any atom is 0.247 e. The van der Waals surface area contributed by atoms with Gasteiger partial charge in [0.15, 0.2) is 0 Å². The first-order chi connectivity index (χ1) is 14.4. The Kier molecular flexibility index (Phi) is 5.93. The van der Waals surface area contributed by atoms with Crippen LogP contribution in [-0.2, 0) is 17.8 Å². The van der Waals surface area contributed by atoms with E-state index in [1.807, 2.05) is 43.6 Å². The Morgan fingerprint density at radius 3 is 2.70 bits per heavy atom. The first-order valence-corrected chi connectivity index (χ1v) is 10.7. The van der Waals surface area contributed by atoms with Crippen molar-refractivity contribution in [3.63, 3.8) is 0 Å². The van der Waals surface area contributed by atoms with Crippen LogP contribution < -0.4 is 5.32 Å². The molecule has 1 aliphatic heterocycles. The van der Waals surface area contributed by atoms with Gasteiger partial charge in [-0.1, -0.05) is 48.0 Å². The van der Waals surface area contributed by atoms with Gasteiger partial charge in [-0.2, -0.15) is 0 Å². The zero-order valence-corrected chi connectivity index (χ0v) is 18.4. The van der Waals surface area contributed by atoms with Crippen molar-refractivity contribution in [2.24, 2.45) is 0 Å². The summed E-state index contributed by atoms with van der Waals surface area (Å²) in [7, 11) is 0. The van der Waals surface area contributed by atoms with Crippen molar-refractivity contribution < 1.29 is 4.79 Å². The maximum absolute atomic E-state index is 13.6. The van der Waals surface area contributed by atoms with Crippen molar-refractivity contribution in [3.8, 4) is 0 Å². The quantitative estimate of drug-likeness (QED) is 0.617. The molecular formula is C24H27ClN4O. The third kappa shape index (κ3) is 4.13. The van der Waals surface area contributed by atoms with Gasteiger partial charge in [-0.3, -0.25) is 9.69 Å². The molecule has 0 radical (unpaired) electrons. The number of fused-ring (bicyclic) bond motifs is 1. The summed E-state index contributed by atoms with van der Waals surface area (Å²) in [5, 5.41) is 3.73. The van der Waals surface area contributed by atoms with E-state index in [0.29, 0.717) is 17.3 Å². The Hall–Kier alpha value is -2.63. The molecular weight excluding hydrogens is 396 g/mol. The molecule has 0 saturated carbocycles. The predicted molar refractivity (Wildman–Crippen MR) is 121 cm³/mol. The second-order valence-electron chi connectivity index (χ2n) is 8.14. The van der Waals surface area contributed by atoms with Gasteiger partial charge in [-0.15, -0.1) is 0 Å². The van der Waals surface area contributed by atoms with E-state index in [0.717, 1.165) is 29.9 Å². The fourth-order valence-electron chi connectivity index (χ4n) is 4.02. The monoisotopic (exact) mass is 422 g/mol. The summed E-state index contributed by atoms with van der Waals surface area (Å²) >= 11 is 6.27. The number of imidazole rings is 1. The highest BCUT2D eigenvalue weighted by atomic mass is 35.5. The molecule has 1 N–H and O–H groups in total. The number of anilines is 1. The van der Waals surface area contributed by atoms with E-state index in [1.165, 1.54) is 5.56 Å². The zero-order chi connectivity index (χ0) is 21.3. The third-order valence-corrected chi connectivity index (χ3v) is 6.05. The number of hydrogen-bond donors (Lipinski definition) is 1. The summed E-state index contributed by atoms with van der Waals surface area (Å²) in [5.74, 6) is -0.0609. The third-order valence-electron chi connectivity index (χ3n) is 5.64. The van der Waals surface area contributed by atoms with Gasteiger partial charge in [-0.25, -0.2) is 4.98 Å². The molecule has 2 heterocycles. The minimum Gasteiger partial charge on any atom is -0.330 e. The first kappa shape index (κ1) is 20.6. The highest BCUT2D eigenvalue weighted by Crippen LogP contribution is 2.33. The van der Waals surface area contributed by atoms with Gasteiger partial charge in [0.25, 0.3) is 0 Å². The molecule has 4 rings (SSSR count). The Bertz CT molecular complexity index is 1040. The summed E-state index contributed by atoms with van der Waals surface area (Å²) < 4.78 is 2.12. The Morgan fingerprint density at radius 2 is 2.00 bits per heavy atom. The van der Waals surface area contributed by atoms with E-state index in [9.17, 15) is 4.79 Å². The molecule has 5 nitrogen and oxygen atoms in total. The highest BCUT2D eigenvalue weighted by Gasteiger charge is 2.37. The van der Waals surface area contributed by atoms with Gasteiger partial charge in [0.1, 0.15) is 6.04 Å². The minimum atomic E-state index is -0.418. The van der Waals surface area contributed by atoms with Crippen LogP contribution in [0, 0.1) is 6.92 Å². The number of halogens is 1. The van der Waals surface area contributed by atoms with Gasteiger partial charge in [0, 0.05) is 36.3 Å². The summed E-state index contributed by atoms with van der Waals surface area (Å²) in [4.78, 5) is 20.4. The molecule has 3 aromatic rings. The van der Waals surface area contributed by atoms with Gasteiger partial charge in [-0.05, 0) is 44.0 Å². The summed E-state index contributed by atoms with van der Waals surface area (Å²) in [6, 6.07) is 15.7. The van der Waals surface area contributed by atoms with Crippen LogP contribution in [0.25, 0.3) is 0 Å². The number of hydrogen-bond acceptors (Lipinski definition) is 3. The number of carbonyl (C=O) groups is 1. The molecule has 6 heteroatoms. The molecule has 30 heavy (non-hydrogen) atoms. The Morgan fingerprint density at radius 1 is 1.23 bits per heavy atom. The number of nitrogens with zero attached hydrogens (tertiary/aromatic N) is 3. The Balaban J connectivity index is 1.69. The lowest BCUT2D eigenvalue weighted by molar-refractivity contribution is -0.122. The lowest BCUT2D eigenvalue weighted by atomic mass is 9.99. The molecule has 0 saturated heterocycles. The maximum atomic E-state index is 13.6. The molecule has 1 aromatic heterocycles. The molecule has 0 aliphatic carbocycles. The van der Waals surface area contributed by atoms with E-state index < -0.39 is 6.04 Å². The van der Waals surface area contributed by atoms with Crippen LogP contribution in [0.2, 0.25) is 5.02 Å². The molecule has 1 aliphatic rings. The minimum absolute atomic E-state index is 0.0609. The van der Waals surface area contributed by atoms with Crippen LogP contribution >= 0.6 is 11.6 Å². The smallest absolute Gasteiger partial charge is 0.247 e. The molecule has 2 aromatic carbocycles. The molecule has 0 spiro atoms. The lowest BCUT2D eigenvalue weighted by Gasteiger charge is -2.36. The topological polar surface area (TPSA) is 50.2 Å². The molecule has 156 valence electrons. The van der Waals surface area contributed by atoms with Crippen LogP contribution in [0.1, 0.15) is 48.4 Å². The largest absolute Gasteiger partial charge is 0.330 e. The number of carbonyl (C=O) groups excluding carboxylic acids is 1. The first-order valence-electron chi connectivity index (χ1n) is 10.3. The van der Waals surface area contributed by atoms with E-state index in [-0.39, 0.29) is 11.9 Å². The van der Waals surface area contributed by atoms with Crippen molar-refractivity contribution in [2.75, 3.05) is 11.9 Å². The van der Waals surface area contributed by atoms with Crippen molar-refractivity contribution in [1.29, 1.82) is 0 Å². The van der Waals surface area contributed by atoms with Crippen molar-refractivity contribution >= 4 is 23.2 Å². The van der Waals surface area contributed by atoms with Crippen LogP contribution in [0.15, 0.2) is 54.9 Å². The molecule has 1 atom stereocenters. The van der Waals surface area contributed by atoms with E-state index in [1.54, 1.807) is 6.07 Å². The average molecular weight is 423 g/mol. The lowest BCUT2D eigenvalue weighted by Crippen LogP contribution is -2.42. The zero-order valence-electron chi connectivity index (χ0n) is 17.6. The number of aryl methyl sites for hydroxylation is 1. The second-order valence-corrected chi connectivity index (χ2v) is 8.55. The fraction of sp³-hybridized carbons (Fsp3) is 0.333. The standard InChI is InChI=1S/C24H27ClN4O/c1-16(2)29-15-26-21-11-12-28(14-18-7-5-4-6-8-18)23(22(21)29)24(30)27-19-10-9-17(3)20(25)13-19/h4-10,13,15-16,23H,11-12,14H2,1-3H3,(H,27,30). The van der Waals surface area contributed by atoms with Gasteiger partial charge in [0.2, 0.25) is 5.91 Å². The van der Waals surface area contributed by atoms with E-state index in [2.05, 4.69) is 45.7 Å².